The van der Waals surface area contributed by atoms with Gasteiger partial charge in [0.25, 0.3) is 0 Å². The lowest BCUT2D eigenvalue weighted by Gasteiger charge is -2.41. The van der Waals surface area contributed by atoms with E-state index in [2.05, 4.69) is 34.9 Å². The van der Waals surface area contributed by atoms with Crippen molar-refractivity contribution in [2.24, 2.45) is 5.92 Å². The topological polar surface area (TPSA) is 105 Å². The third-order valence-corrected chi connectivity index (χ3v) is 7.06. The summed E-state index contributed by atoms with van der Waals surface area (Å²) in [5, 5.41) is 14.9. The van der Waals surface area contributed by atoms with Gasteiger partial charge < -0.3 is 20.5 Å². The molecule has 1 fully saturated rings. The summed E-state index contributed by atoms with van der Waals surface area (Å²) >= 11 is 0. The van der Waals surface area contributed by atoms with Gasteiger partial charge in [-0.1, -0.05) is 62.4 Å². The maximum absolute atomic E-state index is 12.7. The highest BCUT2D eigenvalue weighted by Gasteiger charge is 2.40. The fraction of sp³-hybridized carbons (Fsp3) is 0.444. The molecule has 7 nitrogen and oxygen atoms in total. The molecule has 0 aliphatic heterocycles. The number of carboxylic acids is 1. The number of hydrogen-bond acceptors (Lipinski definition) is 4. The van der Waals surface area contributed by atoms with Gasteiger partial charge in [-0.05, 0) is 47.4 Å². The van der Waals surface area contributed by atoms with E-state index in [1.807, 2.05) is 38.1 Å². The minimum atomic E-state index is -0.919. The Kier molecular flexibility index (Phi) is 6.91. The van der Waals surface area contributed by atoms with Gasteiger partial charge in [0, 0.05) is 18.4 Å². The van der Waals surface area contributed by atoms with Crippen LogP contribution >= 0.6 is 0 Å². The van der Waals surface area contributed by atoms with E-state index >= 15 is 0 Å². The quantitative estimate of drug-likeness (QED) is 0.508. The number of hydrogen-bond donors (Lipinski definition) is 3. The van der Waals surface area contributed by atoms with E-state index < -0.39 is 23.6 Å². The number of carbonyl (C=O) groups is 3. The Morgan fingerprint density at radius 3 is 2.12 bits per heavy atom. The molecule has 0 heterocycles. The van der Waals surface area contributed by atoms with E-state index in [0.717, 1.165) is 28.7 Å². The predicted octanol–water partition coefficient (Wildman–Crippen LogP) is 4.45. The van der Waals surface area contributed by atoms with Crippen LogP contribution in [0.1, 0.15) is 63.0 Å². The summed E-state index contributed by atoms with van der Waals surface area (Å²) in [6.45, 7) is 4.06. The van der Waals surface area contributed by atoms with Crippen molar-refractivity contribution >= 4 is 18.0 Å². The number of carbonyl (C=O) groups excluding carboxylic acids is 2. The Morgan fingerprint density at radius 1 is 1.03 bits per heavy atom. The van der Waals surface area contributed by atoms with E-state index in [-0.39, 0.29) is 37.2 Å². The molecule has 2 aliphatic rings. The molecule has 1 saturated carbocycles. The van der Waals surface area contributed by atoms with Crippen LogP contribution in [-0.2, 0) is 14.3 Å². The second kappa shape index (κ2) is 9.87. The summed E-state index contributed by atoms with van der Waals surface area (Å²) < 4.78 is 5.63. The summed E-state index contributed by atoms with van der Waals surface area (Å²) in [5.74, 6) is -1.20. The van der Waals surface area contributed by atoms with Gasteiger partial charge in [-0.15, -0.1) is 0 Å². The molecule has 34 heavy (non-hydrogen) atoms. The van der Waals surface area contributed by atoms with Gasteiger partial charge in [-0.2, -0.15) is 0 Å². The van der Waals surface area contributed by atoms with E-state index in [4.69, 9.17) is 9.84 Å². The third kappa shape index (κ3) is 5.08. The van der Waals surface area contributed by atoms with Crippen molar-refractivity contribution in [1.82, 2.24) is 10.6 Å². The molecule has 2 aromatic carbocycles. The second-order valence-electron chi connectivity index (χ2n) is 9.78. The van der Waals surface area contributed by atoms with Crippen molar-refractivity contribution in [1.29, 1.82) is 0 Å². The van der Waals surface area contributed by atoms with Gasteiger partial charge in [-0.3, -0.25) is 9.59 Å². The zero-order chi connectivity index (χ0) is 24.3. The Hall–Kier alpha value is -3.35. The average molecular weight is 465 g/mol. The molecule has 2 aromatic rings. The first-order chi connectivity index (χ1) is 16.3. The molecular formula is C27H32N2O5. The molecule has 7 heteroatoms. The normalized spacial score (nSPS) is 16.7. The lowest BCUT2D eigenvalue weighted by molar-refractivity contribution is -0.140. The molecule has 0 spiro atoms. The van der Waals surface area contributed by atoms with Crippen LogP contribution in [0.15, 0.2) is 48.5 Å². The van der Waals surface area contributed by atoms with Crippen molar-refractivity contribution in [3.63, 3.8) is 0 Å². The fourth-order valence-corrected chi connectivity index (χ4v) is 5.03. The first kappa shape index (κ1) is 23.8. The number of amides is 2. The summed E-state index contributed by atoms with van der Waals surface area (Å²) in [7, 11) is 0. The third-order valence-electron chi connectivity index (χ3n) is 7.06. The van der Waals surface area contributed by atoms with Crippen LogP contribution in [0.2, 0.25) is 0 Å². The van der Waals surface area contributed by atoms with Gasteiger partial charge in [0.2, 0.25) is 5.91 Å². The molecule has 180 valence electrons. The zero-order valence-corrected chi connectivity index (χ0v) is 19.7. The minimum absolute atomic E-state index is 0.00282. The molecule has 1 atom stereocenters. The number of fused-ring (bicyclic) bond motifs is 3. The smallest absolute Gasteiger partial charge is 0.407 e. The van der Waals surface area contributed by atoms with Crippen LogP contribution in [0, 0.1) is 5.92 Å². The molecule has 3 N–H and O–H groups in total. The SMILES string of the molecule is CC(C)C(CC(=O)NC1(CC(=O)O)CCC1)NC(=O)OCC1c2ccccc2-c2ccccc21. The highest BCUT2D eigenvalue weighted by molar-refractivity contribution is 5.80. The first-order valence-electron chi connectivity index (χ1n) is 11.9. The molecule has 0 radical (unpaired) electrons. The van der Waals surface area contributed by atoms with Crippen molar-refractivity contribution in [2.45, 2.75) is 63.5 Å². The molecular weight excluding hydrogens is 432 g/mol. The highest BCUT2D eigenvalue weighted by Crippen LogP contribution is 2.44. The van der Waals surface area contributed by atoms with Crippen molar-refractivity contribution in [2.75, 3.05) is 6.61 Å². The Labute approximate surface area is 199 Å². The van der Waals surface area contributed by atoms with Crippen LogP contribution in [0.3, 0.4) is 0 Å². The molecule has 2 amide bonds. The Balaban J connectivity index is 1.35. The fourth-order valence-electron chi connectivity index (χ4n) is 5.03. The maximum Gasteiger partial charge on any atom is 0.407 e. The van der Waals surface area contributed by atoms with Gasteiger partial charge in [0.15, 0.2) is 0 Å². The maximum atomic E-state index is 12.7. The second-order valence-corrected chi connectivity index (χ2v) is 9.78. The number of carboxylic acid groups (broad SMARTS) is 1. The summed E-state index contributed by atoms with van der Waals surface area (Å²) in [6.07, 6.45) is 1.67. The minimum Gasteiger partial charge on any atom is -0.481 e. The van der Waals surface area contributed by atoms with Crippen LogP contribution < -0.4 is 10.6 Å². The average Bonchev–Trinajstić information content (AvgIpc) is 3.09. The molecule has 0 bridgehead atoms. The van der Waals surface area contributed by atoms with Gasteiger partial charge in [0.1, 0.15) is 6.61 Å². The Bertz CT molecular complexity index is 1030. The van der Waals surface area contributed by atoms with Crippen LogP contribution in [-0.4, -0.2) is 41.3 Å². The number of alkyl carbamates (subject to hydrolysis) is 1. The van der Waals surface area contributed by atoms with Crippen molar-refractivity contribution in [3.05, 3.63) is 59.7 Å². The summed E-state index contributed by atoms with van der Waals surface area (Å²) in [5.41, 5.74) is 3.94. The lowest BCUT2D eigenvalue weighted by Crippen LogP contribution is -2.56. The van der Waals surface area contributed by atoms with E-state index in [1.54, 1.807) is 0 Å². The number of ether oxygens (including phenoxy) is 1. The first-order valence-corrected chi connectivity index (χ1v) is 11.9. The highest BCUT2D eigenvalue weighted by atomic mass is 16.5. The van der Waals surface area contributed by atoms with Crippen molar-refractivity contribution in [3.8, 4) is 11.1 Å². The largest absolute Gasteiger partial charge is 0.481 e. The molecule has 2 aliphatic carbocycles. The molecule has 4 rings (SSSR count). The zero-order valence-electron chi connectivity index (χ0n) is 19.7. The summed E-state index contributed by atoms with van der Waals surface area (Å²) in [6, 6.07) is 15.9. The predicted molar refractivity (Wildman–Crippen MR) is 128 cm³/mol. The number of aliphatic carboxylic acids is 1. The summed E-state index contributed by atoms with van der Waals surface area (Å²) in [4.78, 5) is 36.5. The number of rotatable bonds is 9. The lowest BCUT2D eigenvalue weighted by atomic mass is 9.74. The number of benzene rings is 2. The van der Waals surface area contributed by atoms with Crippen LogP contribution in [0.4, 0.5) is 4.79 Å². The van der Waals surface area contributed by atoms with Gasteiger partial charge in [-0.25, -0.2) is 4.79 Å². The molecule has 1 unspecified atom stereocenters. The van der Waals surface area contributed by atoms with Gasteiger partial charge in [0.05, 0.1) is 12.0 Å². The standard InChI is InChI=1S/C27H32N2O5/c1-17(2)23(14-24(30)29-27(12-7-13-27)15-25(31)32)28-26(33)34-16-22-20-10-5-3-8-18(20)19-9-4-6-11-21(19)22/h3-6,8-11,17,22-23H,7,12-16H2,1-2H3,(H,28,33)(H,29,30)(H,31,32). The van der Waals surface area contributed by atoms with Crippen molar-refractivity contribution < 1.29 is 24.2 Å². The van der Waals surface area contributed by atoms with Gasteiger partial charge >= 0.3 is 12.1 Å². The van der Waals surface area contributed by atoms with Crippen LogP contribution in [0.5, 0.6) is 0 Å². The number of nitrogens with one attached hydrogen (secondary N) is 2. The Morgan fingerprint density at radius 2 is 1.62 bits per heavy atom. The van der Waals surface area contributed by atoms with Crippen LogP contribution in [0.25, 0.3) is 11.1 Å². The molecule has 0 saturated heterocycles. The van der Waals surface area contributed by atoms with E-state index in [1.165, 1.54) is 0 Å². The monoisotopic (exact) mass is 464 g/mol. The molecule has 0 aromatic heterocycles. The van der Waals surface area contributed by atoms with E-state index in [0.29, 0.717) is 12.8 Å². The van der Waals surface area contributed by atoms with E-state index in [9.17, 15) is 14.4 Å².